The Balaban J connectivity index is 1.62. The van der Waals surface area contributed by atoms with Crippen LogP contribution in [0.5, 0.6) is 0 Å². The predicted octanol–water partition coefficient (Wildman–Crippen LogP) is -2.26. The smallest absolute Gasteiger partial charge is 0.387 e. The van der Waals surface area contributed by atoms with Crippen LogP contribution < -0.4 is 11.2 Å². The summed E-state index contributed by atoms with van der Waals surface area (Å²) in [7, 11) is -4.80. The van der Waals surface area contributed by atoms with E-state index in [-0.39, 0.29) is 12.0 Å². The molecule has 0 amide bonds. The zero-order valence-corrected chi connectivity index (χ0v) is 18.5. The Bertz CT molecular complexity index is 1090. The van der Waals surface area contributed by atoms with Crippen LogP contribution in [0.25, 0.3) is 10.4 Å². The molecule has 0 bridgehead atoms. The Morgan fingerprint density at radius 1 is 1.18 bits per heavy atom. The van der Waals surface area contributed by atoms with E-state index in [1.807, 2.05) is 0 Å². The molecule has 1 aromatic rings. The lowest BCUT2D eigenvalue weighted by molar-refractivity contribution is -0.285. The summed E-state index contributed by atoms with van der Waals surface area (Å²) in [5.74, 6) is 0. The quantitative estimate of drug-likeness (QED) is 0.0939. The second-order valence-corrected chi connectivity index (χ2v) is 9.17. The second-order valence-electron chi connectivity index (χ2n) is 7.71. The van der Waals surface area contributed by atoms with Gasteiger partial charge in [0.15, 0.2) is 6.29 Å². The monoisotopic (exact) mass is 509 g/mol. The van der Waals surface area contributed by atoms with Crippen LogP contribution in [0.2, 0.25) is 0 Å². The van der Waals surface area contributed by atoms with Crippen molar-refractivity contribution in [2.75, 3.05) is 13.2 Å². The van der Waals surface area contributed by atoms with E-state index in [2.05, 4.69) is 15.0 Å². The largest absolute Gasteiger partial charge is 0.472 e. The van der Waals surface area contributed by atoms with Gasteiger partial charge < -0.3 is 34.8 Å². The number of rotatable bonds is 8. The van der Waals surface area contributed by atoms with Crippen LogP contribution >= 0.6 is 7.82 Å². The van der Waals surface area contributed by atoms with Crippen molar-refractivity contribution in [3.63, 3.8) is 0 Å². The fourth-order valence-corrected chi connectivity index (χ4v) is 4.21. The average molecular weight is 509 g/mol. The minimum Gasteiger partial charge on any atom is -0.387 e. The van der Waals surface area contributed by atoms with Gasteiger partial charge in [-0.15, -0.1) is 0 Å². The molecule has 2 saturated heterocycles. The maximum atomic E-state index is 12.2. The highest BCUT2D eigenvalue weighted by Gasteiger charge is 2.44. The molecule has 0 aromatic carbocycles. The topological polar surface area (TPSA) is 259 Å². The molecule has 18 heteroatoms. The molecule has 0 spiro atoms. The molecule has 3 rings (SSSR count). The molecule has 3 unspecified atom stereocenters. The lowest BCUT2D eigenvalue weighted by Crippen LogP contribution is -2.58. The number of hydrogen-bond acceptors (Lipinski definition) is 12. The van der Waals surface area contributed by atoms with E-state index in [0.717, 1.165) is 4.57 Å². The highest BCUT2D eigenvalue weighted by molar-refractivity contribution is 7.47. The molecule has 0 saturated carbocycles. The van der Waals surface area contributed by atoms with Gasteiger partial charge in [0.2, 0.25) is 0 Å². The van der Waals surface area contributed by atoms with Crippen LogP contribution in [-0.2, 0) is 23.1 Å². The van der Waals surface area contributed by atoms with Crippen LogP contribution in [-0.4, -0.2) is 90.9 Å². The number of nitrogens with one attached hydrogen (secondary N) is 1. The summed E-state index contributed by atoms with van der Waals surface area (Å²) in [6, 6.07) is -0.899. The van der Waals surface area contributed by atoms with E-state index >= 15 is 0 Å². The summed E-state index contributed by atoms with van der Waals surface area (Å²) in [5, 5.41) is 42.0. The maximum absolute atomic E-state index is 12.2. The summed E-state index contributed by atoms with van der Waals surface area (Å²) < 4.78 is 33.4. The molecular formula is C16H24N5O12P. The Labute approximate surface area is 190 Å². The van der Waals surface area contributed by atoms with Gasteiger partial charge in [0.25, 0.3) is 5.56 Å². The number of hydrogen-bond donors (Lipinski definition) is 6. The van der Waals surface area contributed by atoms with Crippen LogP contribution in [0.3, 0.4) is 0 Å². The second kappa shape index (κ2) is 10.6. The van der Waals surface area contributed by atoms with Gasteiger partial charge in [0.05, 0.1) is 25.4 Å². The van der Waals surface area contributed by atoms with Gasteiger partial charge in [-0.1, -0.05) is 5.11 Å². The van der Waals surface area contributed by atoms with Gasteiger partial charge in [0, 0.05) is 23.1 Å². The highest BCUT2D eigenvalue weighted by Crippen LogP contribution is 2.45. The zero-order valence-electron chi connectivity index (χ0n) is 17.6. The lowest BCUT2D eigenvalue weighted by Gasteiger charge is -2.38. The van der Waals surface area contributed by atoms with Crippen molar-refractivity contribution in [3.05, 3.63) is 43.0 Å². The zero-order chi connectivity index (χ0) is 25.2. The first-order valence-electron chi connectivity index (χ1n) is 9.95. The number of aryl methyl sites for hydroxylation is 1. The molecule has 0 radical (unpaired) electrons. The lowest BCUT2D eigenvalue weighted by atomic mass is 10.00. The van der Waals surface area contributed by atoms with Crippen molar-refractivity contribution in [3.8, 4) is 0 Å². The fraction of sp³-hybridized carbons (Fsp3) is 0.750. The Hall–Kier alpha value is -2.14. The van der Waals surface area contributed by atoms with E-state index in [9.17, 15) is 39.5 Å². The van der Waals surface area contributed by atoms with Gasteiger partial charge in [-0.25, -0.2) is 9.36 Å². The van der Waals surface area contributed by atoms with Crippen molar-refractivity contribution < 1.29 is 48.4 Å². The Kier molecular flexibility index (Phi) is 8.28. The number of azide groups is 1. The summed E-state index contributed by atoms with van der Waals surface area (Å²) >= 11 is 0. The molecule has 17 nitrogen and oxygen atoms in total. The standard InChI is InChI=1S/C16H24N5O12P/c1-6-3-21(16(27)18-14(6)25)10-2-7(19-20-17)8(32-10)4-30-34(28,29)31-5-9-11(22)12(23)13(24)15(26)33-9/h3,7-13,15,22-24,26H,2,4-5H2,1H3,(H,28,29)(H,18,25,27)/t7?,8-,9-,10-,11-,12+,13+,15?/m1/s1. The Morgan fingerprint density at radius 3 is 2.47 bits per heavy atom. The summed E-state index contributed by atoms with van der Waals surface area (Å²) in [5.41, 5.74) is 7.68. The third kappa shape index (κ3) is 5.91. The van der Waals surface area contributed by atoms with Crippen molar-refractivity contribution in [1.82, 2.24) is 9.55 Å². The van der Waals surface area contributed by atoms with Crippen LogP contribution in [0, 0.1) is 6.92 Å². The number of aliphatic hydroxyl groups is 4. The third-order valence-electron chi connectivity index (χ3n) is 5.35. The summed E-state index contributed by atoms with van der Waals surface area (Å²) in [6.07, 6.45) is -9.40. The fourth-order valence-electron chi connectivity index (χ4n) is 3.46. The summed E-state index contributed by atoms with van der Waals surface area (Å²) in [4.78, 5) is 38.4. The van der Waals surface area contributed by atoms with Crippen molar-refractivity contribution in [2.45, 2.75) is 62.4 Å². The maximum Gasteiger partial charge on any atom is 0.472 e. The number of phosphoric acid groups is 1. The SMILES string of the molecule is Cc1cn([C@H]2CC(N=[N+]=[N-])[C@@H](COP(=O)(O)OC[C@H]3OC(O)[C@@H](O)[C@@H](O)[C@@H]3O)O2)c(=O)[nH]c1=O. The number of aromatic nitrogens is 2. The molecule has 9 atom stereocenters. The molecule has 2 fully saturated rings. The van der Waals surface area contributed by atoms with Gasteiger partial charge in [-0.2, -0.15) is 0 Å². The molecule has 0 aliphatic carbocycles. The molecule has 3 heterocycles. The number of phosphoric ester groups is 1. The van der Waals surface area contributed by atoms with Gasteiger partial charge in [-0.05, 0) is 12.5 Å². The predicted molar refractivity (Wildman–Crippen MR) is 108 cm³/mol. The number of nitrogens with zero attached hydrogens (tertiary/aromatic N) is 4. The number of aromatic amines is 1. The van der Waals surface area contributed by atoms with Crippen LogP contribution in [0.4, 0.5) is 0 Å². The van der Waals surface area contributed by atoms with Crippen LogP contribution in [0.1, 0.15) is 18.2 Å². The molecule has 190 valence electrons. The van der Waals surface area contributed by atoms with Crippen molar-refractivity contribution >= 4 is 7.82 Å². The van der Waals surface area contributed by atoms with Crippen LogP contribution in [0.15, 0.2) is 20.9 Å². The normalized spacial score (nSPS) is 35.5. The average Bonchev–Trinajstić information content (AvgIpc) is 3.18. The van der Waals surface area contributed by atoms with Gasteiger partial charge in [0.1, 0.15) is 30.6 Å². The van der Waals surface area contributed by atoms with E-state index in [0.29, 0.717) is 0 Å². The first kappa shape index (κ1) is 26.5. The Morgan fingerprint density at radius 2 is 1.82 bits per heavy atom. The summed E-state index contributed by atoms with van der Waals surface area (Å²) in [6.45, 7) is 0.0686. The van der Waals surface area contributed by atoms with E-state index in [4.69, 9.17) is 24.1 Å². The number of H-pyrrole nitrogens is 1. The molecule has 6 N–H and O–H groups in total. The molecule has 2 aliphatic rings. The number of ether oxygens (including phenoxy) is 2. The van der Waals surface area contributed by atoms with Gasteiger partial charge in [-0.3, -0.25) is 23.4 Å². The first-order valence-corrected chi connectivity index (χ1v) is 11.4. The van der Waals surface area contributed by atoms with E-state index in [1.54, 1.807) is 0 Å². The minimum atomic E-state index is -4.80. The first-order chi connectivity index (χ1) is 15.9. The molecule has 34 heavy (non-hydrogen) atoms. The van der Waals surface area contributed by atoms with Gasteiger partial charge >= 0.3 is 13.5 Å². The minimum absolute atomic E-state index is 0.000272. The highest BCUT2D eigenvalue weighted by atomic mass is 31.2. The van der Waals surface area contributed by atoms with E-state index in [1.165, 1.54) is 13.1 Å². The molecule has 1 aromatic heterocycles. The molecular weight excluding hydrogens is 485 g/mol. The van der Waals surface area contributed by atoms with E-state index < -0.39 is 81.4 Å². The third-order valence-corrected chi connectivity index (χ3v) is 6.30. The molecule has 2 aliphatic heterocycles. The van der Waals surface area contributed by atoms with Crippen molar-refractivity contribution in [2.24, 2.45) is 5.11 Å². The number of aliphatic hydroxyl groups excluding tert-OH is 4. The van der Waals surface area contributed by atoms with Crippen molar-refractivity contribution in [1.29, 1.82) is 0 Å².